The van der Waals surface area contributed by atoms with Crippen molar-refractivity contribution in [1.82, 2.24) is 0 Å². The van der Waals surface area contributed by atoms with Crippen molar-refractivity contribution < 1.29 is 4.42 Å². The number of benzene rings is 10. The minimum Gasteiger partial charge on any atom is -0.456 e. The van der Waals surface area contributed by atoms with Gasteiger partial charge in [0.1, 0.15) is 11.2 Å². The van der Waals surface area contributed by atoms with Gasteiger partial charge in [0.05, 0.1) is 11.1 Å². The van der Waals surface area contributed by atoms with Crippen LogP contribution in [0.25, 0.3) is 66.1 Å². The summed E-state index contributed by atoms with van der Waals surface area (Å²) in [5, 5.41) is 4.66. The van der Waals surface area contributed by atoms with E-state index in [1.54, 1.807) is 0 Å². The van der Waals surface area contributed by atoms with Crippen molar-refractivity contribution in [3.63, 3.8) is 0 Å². The molecule has 12 rings (SSSR count). The van der Waals surface area contributed by atoms with Crippen LogP contribution in [0.4, 0.5) is 17.1 Å². The van der Waals surface area contributed by atoms with Crippen molar-refractivity contribution in [2.24, 2.45) is 0 Å². The smallest absolute Gasteiger partial charge is 0.135 e. The first-order valence-electron chi connectivity index (χ1n) is 21.4. The molecule has 2 heteroatoms. The van der Waals surface area contributed by atoms with E-state index in [1.807, 2.05) is 12.1 Å². The van der Waals surface area contributed by atoms with Crippen molar-refractivity contribution in [2.45, 2.75) is 12.3 Å². The molecule has 1 aliphatic rings. The lowest BCUT2D eigenvalue weighted by atomic mass is 9.67. The number of hydrogen-bond donors (Lipinski definition) is 0. The standard InChI is InChI=1S/C60H41NO/c1-40-16-15-26-54-59(40)51-34-33-49(39-55(51)60(54,46-21-7-3-8-22-46)47-23-9-4-10-24-47)61(56-38-44-20-12-11-19-43(44)36-52(56)42-17-5-2-6-18-42)48-31-28-41(29-32-48)45-30-35-58-53(37-45)50-25-13-14-27-57(50)62-58/h2-39H,1H3. The molecule has 1 heterocycles. The quantitative estimate of drug-likeness (QED) is 0.160. The molecule has 0 saturated carbocycles. The zero-order valence-electron chi connectivity index (χ0n) is 34.3. The van der Waals surface area contributed by atoms with Gasteiger partial charge in [0.25, 0.3) is 0 Å². The van der Waals surface area contributed by atoms with Crippen molar-refractivity contribution in [1.29, 1.82) is 0 Å². The molecule has 2 nitrogen and oxygen atoms in total. The number of aryl methyl sites for hydroxylation is 1. The second-order valence-corrected chi connectivity index (χ2v) is 16.5. The van der Waals surface area contributed by atoms with Crippen LogP contribution in [0.1, 0.15) is 27.8 Å². The molecule has 62 heavy (non-hydrogen) atoms. The van der Waals surface area contributed by atoms with Gasteiger partial charge in [0, 0.05) is 27.7 Å². The SMILES string of the molecule is Cc1cccc2c1-c1ccc(N(c3ccc(-c4ccc5oc6ccccc6c5c4)cc3)c3cc4ccccc4cc3-c3ccccc3)cc1C2(c1ccccc1)c1ccccc1. The van der Waals surface area contributed by atoms with Gasteiger partial charge < -0.3 is 9.32 Å². The number of hydrogen-bond acceptors (Lipinski definition) is 2. The summed E-state index contributed by atoms with van der Waals surface area (Å²) in [6.07, 6.45) is 0. The summed E-state index contributed by atoms with van der Waals surface area (Å²) in [6.45, 7) is 2.25. The highest BCUT2D eigenvalue weighted by Gasteiger charge is 2.47. The number of anilines is 3. The fourth-order valence-electron chi connectivity index (χ4n) is 10.2. The van der Waals surface area contributed by atoms with Crippen LogP contribution in [0.2, 0.25) is 0 Å². The Balaban J connectivity index is 1.11. The summed E-state index contributed by atoms with van der Waals surface area (Å²) in [5.74, 6) is 0. The highest BCUT2D eigenvalue weighted by atomic mass is 16.3. The van der Waals surface area contributed by atoms with E-state index < -0.39 is 5.41 Å². The largest absolute Gasteiger partial charge is 0.456 e. The molecule has 0 aliphatic heterocycles. The molecule has 0 fully saturated rings. The molecule has 0 N–H and O–H groups in total. The Morgan fingerprint density at radius 2 is 1.00 bits per heavy atom. The third kappa shape index (κ3) is 5.57. The lowest BCUT2D eigenvalue weighted by Crippen LogP contribution is -2.28. The highest BCUT2D eigenvalue weighted by molar-refractivity contribution is 6.06. The molecule has 0 radical (unpaired) electrons. The molecular weight excluding hydrogens is 751 g/mol. The van der Waals surface area contributed by atoms with E-state index in [0.29, 0.717) is 0 Å². The van der Waals surface area contributed by atoms with E-state index in [0.717, 1.165) is 50.1 Å². The van der Waals surface area contributed by atoms with Gasteiger partial charge in [0.2, 0.25) is 0 Å². The van der Waals surface area contributed by atoms with Crippen LogP contribution in [0.3, 0.4) is 0 Å². The minimum absolute atomic E-state index is 0.535. The van der Waals surface area contributed by atoms with Gasteiger partial charge in [-0.3, -0.25) is 0 Å². The molecule has 11 aromatic rings. The highest BCUT2D eigenvalue weighted by Crippen LogP contribution is 2.58. The summed E-state index contributed by atoms with van der Waals surface area (Å²) in [5.41, 5.74) is 18.2. The lowest BCUT2D eigenvalue weighted by Gasteiger charge is -2.35. The van der Waals surface area contributed by atoms with Gasteiger partial charge in [-0.1, -0.05) is 176 Å². The molecular formula is C60H41NO. The van der Waals surface area contributed by atoms with Crippen LogP contribution in [0.15, 0.2) is 235 Å². The third-order valence-electron chi connectivity index (χ3n) is 13.1. The topological polar surface area (TPSA) is 16.4 Å². The molecule has 0 unspecified atom stereocenters. The van der Waals surface area contributed by atoms with E-state index in [1.165, 1.54) is 60.8 Å². The maximum absolute atomic E-state index is 6.19. The summed E-state index contributed by atoms with van der Waals surface area (Å²) < 4.78 is 6.19. The molecule has 0 atom stereocenters. The van der Waals surface area contributed by atoms with Gasteiger partial charge in [0.15, 0.2) is 0 Å². The first kappa shape index (κ1) is 36.0. The van der Waals surface area contributed by atoms with E-state index in [2.05, 4.69) is 230 Å². The van der Waals surface area contributed by atoms with E-state index in [-0.39, 0.29) is 0 Å². The fourth-order valence-corrected chi connectivity index (χ4v) is 10.2. The molecule has 292 valence electrons. The lowest BCUT2D eigenvalue weighted by molar-refractivity contribution is 0.669. The predicted molar refractivity (Wildman–Crippen MR) is 259 cm³/mol. The Labute approximate surface area is 361 Å². The molecule has 1 aromatic heterocycles. The van der Waals surface area contributed by atoms with Gasteiger partial charge in [-0.05, 0) is 128 Å². The van der Waals surface area contributed by atoms with Crippen LogP contribution in [-0.2, 0) is 5.41 Å². The normalized spacial score (nSPS) is 12.7. The Kier molecular flexibility index (Phi) is 8.33. The number of furan rings is 1. The molecule has 10 aromatic carbocycles. The Hall–Kier alpha value is -7.94. The van der Waals surface area contributed by atoms with Gasteiger partial charge >= 0.3 is 0 Å². The molecule has 0 bridgehead atoms. The Bertz CT molecular complexity index is 3420. The van der Waals surface area contributed by atoms with Crippen molar-refractivity contribution in [3.05, 3.63) is 258 Å². The maximum atomic E-state index is 6.19. The first-order chi connectivity index (χ1) is 30.6. The average Bonchev–Trinajstić information content (AvgIpc) is 3.86. The molecule has 1 aliphatic carbocycles. The number of nitrogens with zero attached hydrogens (tertiary/aromatic N) is 1. The van der Waals surface area contributed by atoms with Crippen molar-refractivity contribution >= 4 is 49.8 Å². The molecule has 0 saturated heterocycles. The van der Waals surface area contributed by atoms with Crippen LogP contribution < -0.4 is 4.90 Å². The third-order valence-corrected chi connectivity index (χ3v) is 13.1. The number of para-hydroxylation sites is 1. The second-order valence-electron chi connectivity index (χ2n) is 16.5. The van der Waals surface area contributed by atoms with Crippen molar-refractivity contribution in [3.8, 4) is 33.4 Å². The van der Waals surface area contributed by atoms with Crippen LogP contribution in [0.5, 0.6) is 0 Å². The predicted octanol–water partition coefficient (Wildman–Crippen LogP) is 16.2. The summed E-state index contributed by atoms with van der Waals surface area (Å²) in [4.78, 5) is 2.47. The van der Waals surface area contributed by atoms with Crippen LogP contribution >= 0.6 is 0 Å². The van der Waals surface area contributed by atoms with Crippen LogP contribution in [-0.4, -0.2) is 0 Å². The van der Waals surface area contributed by atoms with Crippen molar-refractivity contribution in [2.75, 3.05) is 4.90 Å². The van der Waals surface area contributed by atoms with Gasteiger partial charge in [-0.2, -0.15) is 0 Å². The Morgan fingerprint density at radius 3 is 1.74 bits per heavy atom. The monoisotopic (exact) mass is 791 g/mol. The first-order valence-corrected chi connectivity index (χ1v) is 21.4. The fraction of sp³-hybridized carbons (Fsp3) is 0.0333. The van der Waals surface area contributed by atoms with E-state index >= 15 is 0 Å². The number of fused-ring (bicyclic) bond motifs is 7. The summed E-state index contributed by atoms with van der Waals surface area (Å²) in [7, 11) is 0. The maximum Gasteiger partial charge on any atom is 0.135 e. The van der Waals surface area contributed by atoms with E-state index in [9.17, 15) is 0 Å². The summed E-state index contributed by atoms with van der Waals surface area (Å²) in [6, 6.07) is 84.3. The van der Waals surface area contributed by atoms with Gasteiger partial charge in [-0.25, -0.2) is 0 Å². The zero-order chi connectivity index (χ0) is 41.2. The molecule has 0 amide bonds. The molecule has 0 spiro atoms. The second kappa shape index (κ2) is 14.4. The van der Waals surface area contributed by atoms with E-state index in [4.69, 9.17) is 4.42 Å². The Morgan fingerprint density at radius 1 is 0.387 bits per heavy atom. The average molecular weight is 792 g/mol. The minimum atomic E-state index is -0.535. The summed E-state index contributed by atoms with van der Waals surface area (Å²) >= 11 is 0. The van der Waals surface area contributed by atoms with Gasteiger partial charge in [-0.15, -0.1) is 0 Å². The number of rotatable bonds is 7. The zero-order valence-corrected chi connectivity index (χ0v) is 34.3. The van der Waals surface area contributed by atoms with Crippen LogP contribution in [0, 0.1) is 6.92 Å².